The van der Waals surface area contributed by atoms with E-state index in [1.807, 2.05) is 0 Å². The molecule has 0 aromatic heterocycles. The van der Waals surface area contributed by atoms with Gasteiger partial charge in [-0.1, -0.05) is 32.1 Å². The summed E-state index contributed by atoms with van der Waals surface area (Å²) in [5.41, 5.74) is 0. The lowest BCUT2D eigenvalue weighted by atomic mass is 9.96. The van der Waals surface area contributed by atoms with Crippen LogP contribution in [0.3, 0.4) is 0 Å². The quantitative estimate of drug-likeness (QED) is 0.701. The van der Waals surface area contributed by atoms with E-state index in [2.05, 4.69) is 10.6 Å². The molecule has 0 bridgehead atoms. The minimum atomic E-state index is -0.930. The maximum atomic E-state index is 11.7. The SMILES string of the molecule is O=C(NC1CCCCC1)N[C@@H](CC1CC1)C(=O)O. The Hall–Kier alpha value is -1.26. The first-order valence-corrected chi connectivity index (χ1v) is 6.95. The van der Waals surface area contributed by atoms with Crippen molar-refractivity contribution < 1.29 is 14.7 Å². The third-order valence-corrected chi connectivity index (χ3v) is 3.81. The van der Waals surface area contributed by atoms with Crippen molar-refractivity contribution in [2.75, 3.05) is 0 Å². The third kappa shape index (κ3) is 4.20. The molecule has 2 aliphatic rings. The minimum Gasteiger partial charge on any atom is -0.480 e. The number of nitrogens with one attached hydrogen (secondary N) is 2. The number of amides is 2. The summed E-state index contributed by atoms with van der Waals surface area (Å²) in [6, 6.07) is -0.842. The van der Waals surface area contributed by atoms with Gasteiger partial charge >= 0.3 is 12.0 Å². The number of hydrogen-bond acceptors (Lipinski definition) is 2. The van der Waals surface area contributed by atoms with Crippen molar-refractivity contribution in [3.05, 3.63) is 0 Å². The Bertz CT molecular complexity index is 309. The predicted molar refractivity (Wildman–Crippen MR) is 67.3 cm³/mol. The van der Waals surface area contributed by atoms with Crippen molar-refractivity contribution in [2.45, 2.75) is 63.5 Å². The van der Waals surface area contributed by atoms with Crippen molar-refractivity contribution >= 4 is 12.0 Å². The van der Waals surface area contributed by atoms with Crippen molar-refractivity contribution in [2.24, 2.45) is 5.92 Å². The molecule has 2 amide bonds. The largest absolute Gasteiger partial charge is 0.480 e. The molecule has 0 spiro atoms. The Morgan fingerprint density at radius 1 is 1.11 bits per heavy atom. The highest BCUT2D eigenvalue weighted by Crippen LogP contribution is 2.33. The van der Waals surface area contributed by atoms with E-state index in [1.165, 1.54) is 6.42 Å². The monoisotopic (exact) mass is 254 g/mol. The van der Waals surface area contributed by atoms with Crippen LogP contribution in [0.25, 0.3) is 0 Å². The smallest absolute Gasteiger partial charge is 0.326 e. The molecule has 2 saturated carbocycles. The summed E-state index contributed by atoms with van der Waals surface area (Å²) in [4.78, 5) is 22.8. The first-order chi connectivity index (χ1) is 8.65. The van der Waals surface area contributed by atoms with Gasteiger partial charge in [-0.25, -0.2) is 9.59 Å². The number of urea groups is 1. The van der Waals surface area contributed by atoms with Crippen LogP contribution in [0.2, 0.25) is 0 Å². The van der Waals surface area contributed by atoms with Gasteiger partial charge in [0.15, 0.2) is 0 Å². The second kappa shape index (κ2) is 6.07. The average molecular weight is 254 g/mol. The molecular weight excluding hydrogens is 232 g/mol. The molecular formula is C13H22N2O3. The third-order valence-electron chi connectivity index (χ3n) is 3.81. The number of carbonyl (C=O) groups excluding carboxylic acids is 1. The molecule has 0 unspecified atom stereocenters. The number of rotatable bonds is 5. The zero-order chi connectivity index (χ0) is 13.0. The molecule has 0 aliphatic heterocycles. The van der Waals surface area contributed by atoms with E-state index in [1.54, 1.807) is 0 Å². The molecule has 0 radical (unpaired) electrons. The van der Waals surface area contributed by atoms with Crippen LogP contribution >= 0.6 is 0 Å². The molecule has 2 fully saturated rings. The van der Waals surface area contributed by atoms with E-state index in [0.29, 0.717) is 12.3 Å². The van der Waals surface area contributed by atoms with Gasteiger partial charge in [0.1, 0.15) is 6.04 Å². The van der Waals surface area contributed by atoms with Gasteiger partial charge < -0.3 is 15.7 Å². The van der Waals surface area contributed by atoms with Gasteiger partial charge in [0.05, 0.1) is 0 Å². The molecule has 0 heterocycles. The fourth-order valence-electron chi connectivity index (χ4n) is 2.54. The molecule has 0 aromatic carbocycles. The van der Waals surface area contributed by atoms with Crippen LogP contribution in [0.15, 0.2) is 0 Å². The van der Waals surface area contributed by atoms with Gasteiger partial charge in [-0.15, -0.1) is 0 Å². The lowest BCUT2D eigenvalue weighted by Crippen LogP contribution is -2.49. The van der Waals surface area contributed by atoms with E-state index < -0.39 is 12.0 Å². The van der Waals surface area contributed by atoms with E-state index in [-0.39, 0.29) is 12.1 Å². The van der Waals surface area contributed by atoms with Crippen LogP contribution in [0.5, 0.6) is 0 Å². The molecule has 1 atom stereocenters. The van der Waals surface area contributed by atoms with Gasteiger partial charge in [0, 0.05) is 6.04 Å². The fourth-order valence-corrected chi connectivity index (χ4v) is 2.54. The molecule has 102 valence electrons. The zero-order valence-electron chi connectivity index (χ0n) is 10.7. The maximum absolute atomic E-state index is 11.7. The summed E-state index contributed by atoms with van der Waals surface area (Å²) in [5.74, 6) is -0.443. The van der Waals surface area contributed by atoms with Crippen molar-refractivity contribution in [3.63, 3.8) is 0 Å². The van der Waals surface area contributed by atoms with E-state index in [4.69, 9.17) is 5.11 Å². The topological polar surface area (TPSA) is 78.4 Å². The number of aliphatic carboxylic acids is 1. The molecule has 5 heteroatoms. The predicted octanol–water partition coefficient (Wildman–Crippen LogP) is 1.87. The molecule has 5 nitrogen and oxygen atoms in total. The normalized spacial score (nSPS) is 22.2. The Kier molecular flexibility index (Phi) is 4.44. The fraction of sp³-hybridized carbons (Fsp3) is 0.846. The number of carbonyl (C=O) groups is 2. The van der Waals surface area contributed by atoms with E-state index in [0.717, 1.165) is 38.5 Å². The molecule has 3 N–H and O–H groups in total. The number of hydrogen-bond donors (Lipinski definition) is 3. The Morgan fingerprint density at radius 3 is 2.33 bits per heavy atom. The van der Waals surface area contributed by atoms with Crippen molar-refractivity contribution in [3.8, 4) is 0 Å². The number of carboxylic acids is 1. The van der Waals surface area contributed by atoms with Crippen LogP contribution < -0.4 is 10.6 Å². The molecule has 0 saturated heterocycles. The summed E-state index contributed by atoms with van der Waals surface area (Å²) in [5, 5.41) is 14.5. The van der Waals surface area contributed by atoms with Crippen molar-refractivity contribution in [1.82, 2.24) is 10.6 Å². The van der Waals surface area contributed by atoms with Gasteiger partial charge in [0.2, 0.25) is 0 Å². The van der Waals surface area contributed by atoms with Crippen LogP contribution in [-0.2, 0) is 4.79 Å². The van der Waals surface area contributed by atoms with Gasteiger partial charge in [-0.2, -0.15) is 0 Å². The van der Waals surface area contributed by atoms with E-state index >= 15 is 0 Å². The molecule has 2 aliphatic carbocycles. The highest BCUT2D eigenvalue weighted by Gasteiger charge is 2.30. The second-order valence-corrected chi connectivity index (χ2v) is 5.52. The lowest BCUT2D eigenvalue weighted by molar-refractivity contribution is -0.139. The van der Waals surface area contributed by atoms with E-state index in [9.17, 15) is 9.59 Å². The van der Waals surface area contributed by atoms with Crippen molar-refractivity contribution in [1.29, 1.82) is 0 Å². The van der Waals surface area contributed by atoms with Crippen LogP contribution in [0.4, 0.5) is 4.79 Å². The molecule has 18 heavy (non-hydrogen) atoms. The molecule has 0 aromatic rings. The maximum Gasteiger partial charge on any atom is 0.326 e. The first-order valence-electron chi connectivity index (χ1n) is 6.95. The van der Waals surface area contributed by atoms with Crippen LogP contribution in [0.1, 0.15) is 51.4 Å². The Morgan fingerprint density at radius 2 is 1.78 bits per heavy atom. The molecule has 2 rings (SSSR count). The van der Waals surface area contributed by atoms with Crippen LogP contribution in [0, 0.1) is 5.92 Å². The van der Waals surface area contributed by atoms with Gasteiger partial charge in [-0.05, 0) is 25.2 Å². The summed E-state index contributed by atoms with van der Waals surface area (Å²) < 4.78 is 0. The average Bonchev–Trinajstić information content (AvgIpc) is 3.13. The summed E-state index contributed by atoms with van der Waals surface area (Å²) >= 11 is 0. The summed E-state index contributed by atoms with van der Waals surface area (Å²) in [6.07, 6.45) is 8.30. The Balaban J connectivity index is 1.74. The Labute approximate surface area is 107 Å². The first kappa shape index (κ1) is 13.2. The van der Waals surface area contributed by atoms with Gasteiger partial charge in [-0.3, -0.25) is 0 Å². The lowest BCUT2D eigenvalue weighted by Gasteiger charge is -2.24. The summed E-state index contributed by atoms with van der Waals surface area (Å²) in [6.45, 7) is 0. The van der Waals surface area contributed by atoms with Crippen LogP contribution in [-0.4, -0.2) is 29.2 Å². The zero-order valence-corrected chi connectivity index (χ0v) is 10.7. The summed E-state index contributed by atoms with van der Waals surface area (Å²) in [7, 11) is 0. The minimum absolute atomic E-state index is 0.217. The number of carboxylic acid groups (broad SMARTS) is 1. The standard InChI is InChI=1S/C13H22N2O3/c16-12(17)11(8-9-6-7-9)15-13(18)14-10-4-2-1-3-5-10/h9-11H,1-8H2,(H,16,17)(H2,14,15,18)/t11-/m0/s1. The highest BCUT2D eigenvalue weighted by atomic mass is 16.4. The van der Waals surface area contributed by atoms with Gasteiger partial charge in [0.25, 0.3) is 0 Å². The highest BCUT2D eigenvalue weighted by molar-refractivity contribution is 5.82. The second-order valence-electron chi connectivity index (χ2n) is 5.52.